The predicted molar refractivity (Wildman–Crippen MR) is 95.9 cm³/mol. The van der Waals surface area contributed by atoms with E-state index in [1.165, 1.54) is 4.31 Å². The second-order valence-corrected chi connectivity index (χ2v) is 8.44. The average Bonchev–Trinajstić information content (AvgIpc) is 3.05. The molecule has 0 aromatic heterocycles. The summed E-state index contributed by atoms with van der Waals surface area (Å²) in [5.74, 6) is 0.0207. The van der Waals surface area contributed by atoms with E-state index in [4.69, 9.17) is 0 Å². The molecule has 2 aromatic carbocycles. The third kappa shape index (κ3) is 2.70. The van der Waals surface area contributed by atoms with Gasteiger partial charge in [-0.2, -0.15) is 0 Å². The Morgan fingerprint density at radius 3 is 2.52 bits per heavy atom. The summed E-state index contributed by atoms with van der Waals surface area (Å²) < 4.78 is 27.8. The molecular formula is C19H20N2O3S. The molecule has 4 rings (SSSR count). The van der Waals surface area contributed by atoms with Crippen LogP contribution in [0.1, 0.15) is 23.6 Å². The molecule has 0 fully saturated rings. The molecule has 0 unspecified atom stereocenters. The van der Waals surface area contributed by atoms with Gasteiger partial charge in [0.2, 0.25) is 5.91 Å². The van der Waals surface area contributed by atoms with Crippen LogP contribution in [-0.4, -0.2) is 32.3 Å². The van der Waals surface area contributed by atoms with Gasteiger partial charge in [-0.1, -0.05) is 24.3 Å². The van der Waals surface area contributed by atoms with Gasteiger partial charge in [-0.05, 0) is 47.7 Å². The summed E-state index contributed by atoms with van der Waals surface area (Å²) in [7, 11) is -3.59. The zero-order chi connectivity index (χ0) is 17.6. The second kappa shape index (κ2) is 5.88. The van der Waals surface area contributed by atoms with Crippen LogP contribution in [0.15, 0.2) is 47.4 Å². The van der Waals surface area contributed by atoms with Crippen LogP contribution >= 0.6 is 0 Å². The van der Waals surface area contributed by atoms with Crippen LogP contribution in [0.2, 0.25) is 0 Å². The Kier molecular flexibility index (Phi) is 3.80. The molecule has 2 aromatic rings. The number of nitrogens with zero attached hydrogens (tertiary/aromatic N) is 2. The van der Waals surface area contributed by atoms with E-state index in [0.29, 0.717) is 24.5 Å². The lowest BCUT2D eigenvalue weighted by Crippen LogP contribution is -2.34. The number of para-hydroxylation sites is 1. The standard InChI is InChI=1S/C19H20N2O3S/c1-14(22)20-10-8-15-6-7-18(12-17(15)13-20)25(23,24)21-11-9-16-4-2-3-5-19(16)21/h2-7,12H,8-11,13H2,1H3. The number of benzene rings is 2. The van der Waals surface area contributed by atoms with E-state index in [0.717, 1.165) is 35.2 Å². The molecule has 5 nitrogen and oxygen atoms in total. The fourth-order valence-electron chi connectivity index (χ4n) is 3.65. The molecule has 0 N–H and O–H groups in total. The topological polar surface area (TPSA) is 57.7 Å². The molecule has 2 aliphatic rings. The zero-order valence-electron chi connectivity index (χ0n) is 14.1. The van der Waals surface area contributed by atoms with Gasteiger partial charge in [-0.3, -0.25) is 9.10 Å². The van der Waals surface area contributed by atoms with Crippen LogP contribution in [0.3, 0.4) is 0 Å². The van der Waals surface area contributed by atoms with Gasteiger partial charge in [-0.25, -0.2) is 8.42 Å². The lowest BCUT2D eigenvalue weighted by atomic mass is 10.00. The lowest BCUT2D eigenvalue weighted by molar-refractivity contribution is -0.129. The van der Waals surface area contributed by atoms with Gasteiger partial charge in [0.1, 0.15) is 0 Å². The molecular weight excluding hydrogens is 336 g/mol. The first-order chi connectivity index (χ1) is 12.0. The Hall–Kier alpha value is -2.34. The first-order valence-electron chi connectivity index (χ1n) is 8.45. The normalized spacial score (nSPS) is 16.5. The van der Waals surface area contributed by atoms with Crippen molar-refractivity contribution in [2.24, 2.45) is 0 Å². The van der Waals surface area contributed by atoms with Crippen molar-refractivity contribution in [3.05, 3.63) is 59.2 Å². The quantitative estimate of drug-likeness (QED) is 0.830. The molecule has 1 amide bonds. The van der Waals surface area contributed by atoms with Crippen LogP contribution in [0.25, 0.3) is 0 Å². The van der Waals surface area contributed by atoms with E-state index >= 15 is 0 Å². The molecule has 25 heavy (non-hydrogen) atoms. The minimum absolute atomic E-state index is 0.0207. The zero-order valence-corrected chi connectivity index (χ0v) is 14.9. The molecule has 0 radical (unpaired) electrons. The van der Waals surface area contributed by atoms with Crippen molar-refractivity contribution >= 4 is 21.6 Å². The number of carbonyl (C=O) groups is 1. The third-order valence-electron chi connectivity index (χ3n) is 5.07. The SMILES string of the molecule is CC(=O)N1CCc2ccc(S(=O)(=O)N3CCc4ccccc43)cc2C1. The Morgan fingerprint density at radius 1 is 0.960 bits per heavy atom. The molecule has 0 spiro atoms. The Bertz CT molecular complexity index is 953. The summed E-state index contributed by atoms with van der Waals surface area (Å²) >= 11 is 0. The highest BCUT2D eigenvalue weighted by Crippen LogP contribution is 2.33. The molecule has 0 saturated carbocycles. The van der Waals surface area contributed by atoms with Crippen molar-refractivity contribution in [2.45, 2.75) is 31.2 Å². The van der Waals surface area contributed by atoms with Crippen molar-refractivity contribution in [3.8, 4) is 0 Å². The minimum Gasteiger partial charge on any atom is -0.338 e. The maximum Gasteiger partial charge on any atom is 0.264 e. The molecule has 2 heterocycles. The van der Waals surface area contributed by atoms with Crippen molar-refractivity contribution in [1.82, 2.24) is 4.90 Å². The number of sulfonamides is 1. The van der Waals surface area contributed by atoms with E-state index in [9.17, 15) is 13.2 Å². The molecule has 130 valence electrons. The van der Waals surface area contributed by atoms with Gasteiger partial charge in [0.05, 0.1) is 10.6 Å². The minimum atomic E-state index is -3.59. The van der Waals surface area contributed by atoms with Gasteiger partial charge in [-0.15, -0.1) is 0 Å². The maximum atomic E-state index is 13.1. The Balaban J connectivity index is 1.71. The van der Waals surface area contributed by atoms with Gasteiger partial charge < -0.3 is 4.90 Å². The molecule has 0 bridgehead atoms. The van der Waals surface area contributed by atoms with E-state index in [2.05, 4.69) is 0 Å². The summed E-state index contributed by atoms with van der Waals surface area (Å²) in [5, 5.41) is 0. The van der Waals surface area contributed by atoms with Crippen LogP contribution in [0.4, 0.5) is 5.69 Å². The first-order valence-corrected chi connectivity index (χ1v) is 9.89. The van der Waals surface area contributed by atoms with E-state index in [1.54, 1.807) is 24.0 Å². The molecule has 2 aliphatic heterocycles. The van der Waals surface area contributed by atoms with Gasteiger partial charge >= 0.3 is 0 Å². The van der Waals surface area contributed by atoms with Crippen molar-refractivity contribution in [1.29, 1.82) is 0 Å². The molecule has 0 aliphatic carbocycles. The summed E-state index contributed by atoms with van der Waals surface area (Å²) in [6.45, 7) is 3.18. The summed E-state index contributed by atoms with van der Waals surface area (Å²) in [6, 6.07) is 13.0. The van der Waals surface area contributed by atoms with Crippen molar-refractivity contribution < 1.29 is 13.2 Å². The number of amides is 1. The molecule has 0 atom stereocenters. The second-order valence-electron chi connectivity index (χ2n) is 6.58. The Morgan fingerprint density at radius 2 is 1.72 bits per heavy atom. The van der Waals surface area contributed by atoms with Crippen LogP contribution in [-0.2, 0) is 34.2 Å². The number of rotatable bonds is 2. The lowest BCUT2D eigenvalue weighted by Gasteiger charge is -2.28. The first kappa shape index (κ1) is 16.1. The Labute approximate surface area is 147 Å². The average molecular weight is 356 g/mol. The highest BCUT2D eigenvalue weighted by molar-refractivity contribution is 7.92. The largest absolute Gasteiger partial charge is 0.338 e. The van der Waals surface area contributed by atoms with Crippen LogP contribution < -0.4 is 4.31 Å². The van der Waals surface area contributed by atoms with Crippen LogP contribution in [0.5, 0.6) is 0 Å². The fourth-order valence-corrected chi connectivity index (χ4v) is 5.20. The third-order valence-corrected chi connectivity index (χ3v) is 6.88. The maximum absolute atomic E-state index is 13.1. The predicted octanol–water partition coefficient (Wildman–Crippen LogP) is 2.34. The van der Waals surface area contributed by atoms with Crippen molar-refractivity contribution in [2.75, 3.05) is 17.4 Å². The van der Waals surface area contributed by atoms with Crippen molar-refractivity contribution in [3.63, 3.8) is 0 Å². The highest BCUT2D eigenvalue weighted by Gasteiger charge is 2.31. The monoisotopic (exact) mass is 356 g/mol. The van der Waals surface area contributed by atoms with Gasteiger partial charge in [0, 0.05) is 26.6 Å². The highest BCUT2D eigenvalue weighted by atomic mass is 32.2. The van der Waals surface area contributed by atoms with E-state index in [1.807, 2.05) is 30.3 Å². The number of hydrogen-bond acceptors (Lipinski definition) is 3. The summed E-state index contributed by atoms with van der Waals surface area (Å²) in [6.07, 6.45) is 1.50. The summed E-state index contributed by atoms with van der Waals surface area (Å²) in [4.78, 5) is 13.7. The molecule has 6 heteroatoms. The van der Waals surface area contributed by atoms with E-state index in [-0.39, 0.29) is 5.91 Å². The summed E-state index contributed by atoms with van der Waals surface area (Å²) in [5.41, 5.74) is 3.88. The fraction of sp³-hybridized carbons (Fsp3) is 0.316. The number of anilines is 1. The smallest absolute Gasteiger partial charge is 0.264 e. The van der Waals surface area contributed by atoms with Crippen LogP contribution in [0, 0.1) is 0 Å². The number of carbonyl (C=O) groups excluding carboxylic acids is 1. The molecule has 0 saturated heterocycles. The van der Waals surface area contributed by atoms with Gasteiger partial charge in [0.15, 0.2) is 0 Å². The van der Waals surface area contributed by atoms with Gasteiger partial charge in [0.25, 0.3) is 10.0 Å². The number of hydrogen-bond donors (Lipinski definition) is 0. The van der Waals surface area contributed by atoms with E-state index < -0.39 is 10.0 Å². The number of fused-ring (bicyclic) bond motifs is 2.